The second kappa shape index (κ2) is 10.9. The molecule has 0 unspecified atom stereocenters. The van der Waals surface area contributed by atoms with Gasteiger partial charge in [-0.2, -0.15) is 0 Å². The zero-order chi connectivity index (χ0) is 24.9. The maximum absolute atomic E-state index is 13.5. The molecule has 2 aromatic carbocycles. The molecule has 8 nitrogen and oxygen atoms in total. The zero-order valence-corrected chi connectivity index (χ0v) is 21.2. The first kappa shape index (κ1) is 24.7. The number of amides is 1. The number of hydrogen-bond donors (Lipinski definition) is 0. The van der Waals surface area contributed by atoms with Gasteiger partial charge in [0.05, 0.1) is 35.5 Å². The molecule has 1 aliphatic heterocycles. The van der Waals surface area contributed by atoms with Gasteiger partial charge >= 0.3 is 0 Å². The van der Waals surface area contributed by atoms with Crippen LogP contribution in [0, 0.1) is 0 Å². The van der Waals surface area contributed by atoms with Crippen molar-refractivity contribution in [2.75, 3.05) is 61.7 Å². The number of nitrogens with zero attached hydrogens (tertiary/aromatic N) is 2. The van der Waals surface area contributed by atoms with E-state index in [1.165, 1.54) is 0 Å². The molecule has 4 rings (SSSR count). The maximum atomic E-state index is 13.5. The van der Waals surface area contributed by atoms with Gasteiger partial charge in [0.15, 0.2) is 23.0 Å². The van der Waals surface area contributed by atoms with Crippen molar-refractivity contribution < 1.29 is 28.5 Å². The van der Waals surface area contributed by atoms with Gasteiger partial charge in [-0.3, -0.25) is 9.69 Å². The zero-order valence-electron chi connectivity index (χ0n) is 21.2. The van der Waals surface area contributed by atoms with Gasteiger partial charge in [-0.25, -0.2) is 0 Å². The van der Waals surface area contributed by atoms with Gasteiger partial charge in [-0.05, 0) is 48.2 Å². The Morgan fingerprint density at radius 1 is 0.800 bits per heavy atom. The lowest BCUT2D eigenvalue weighted by Gasteiger charge is -2.36. The number of benzene rings is 2. The fourth-order valence-corrected chi connectivity index (χ4v) is 4.93. The van der Waals surface area contributed by atoms with Gasteiger partial charge in [-0.1, -0.05) is 6.08 Å². The van der Waals surface area contributed by atoms with Crippen LogP contribution in [0.15, 0.2) is 30.3 Å². The molecule has 8 heteroatoms. The normalized spacial score (nSPS) is 15.7. The first-order chi connectivity index (χ1) is 17.0. The smallest absolute Gasteiger partial charge is 0.254 e. The number of carbonyl (C=O) groups excluding carboxylic acids is 1. The lowest BCUT2D eigenvalue weighted by atomic mass is 9.89. The summed E-state index contributed by atoms with van der Waals surface area (Å²) >= 11 is 0. The number of fused-ring (bicyclic) bond motifs is 1. The van der Waals surface area contributed by atoms with Gasteiger partial charge in [0.25, 0.3) is 5.91 Å². The van der Waals surface area contributed by atoms with Crippen molar-refractivity contribution in [3.8, 4) is 28.7 Å². The van der Waals surface area contributed by atoms with Crippen molar-refractivity contribution in [1.29, 1.82) is 0 Å². The van der Waals surface area contributed by atoms with Crippen molar-refractivity contribution in [3.05, 3.63) is 47.0 Å². The summed E-state index contributed by atoms with van der Waals surface area (Å²) in [7, 11) is 8.12. The van der Waals surface area contributed by atoms with Crippen molar-refractivity contribution >= 4 is 11.5 Å². The Labute approximate surface area is 207 Å². The standard InChI is InChI=1S/C27H34N2O6/c1-31-22-10-9-19-20(25(22)34-4)7-6-8-21(19)27(30)29-13-11-28(12-14-29)17-18-15-23(32-2)26(35-5)24(16-18)33-3/h8-10,15-16H,6-7,11-14,17H2,1-5H3. The number of piperazine rings is 1. The van der Waals surface area contributed by atoms with Crippen molar-refractivity contribution in [2.24, 2.45) is 0 Å². The minimum atomic E-state index is 0.0746. The molecule has 0 bridgehead atoms. The molecule has 1 aliphatic carbocycles. The van der Waals surface area contributed by atoms with Crippen LogP contribution in [-0.2, 0) is 17.8 Å². The highest BCUT2D eigenvalue weighted by molar-refractivity contribution is 6.20. The minimum Gasteiger partial charge on any atom is -0.493 e. The number of rotatable bonds is 8. The summed E-state index contributed by atoms with van der Waals surface area (Å²) in [6.45, 7) is 3.65. The summed E-state index contributed by atoms with van der Waals surface area (Å²) in [5, 5.41) is 0. The Kier molecular flexibility index (Phi) is 7.70. The van der Waals surface area contributed by atoms with Gasteiger partial charge < -0.3 is 28.6 Å². The third-order valence-electron chi connectivity index (χ3n) is 6.70. The van der Waals surface area contributed by atoms with Gasteiger partial charge in [0, 0.05) is 43.9 Å². The molecule has 1 heterocycles. The van der Waals surface area contributed by atoms with Crippen molar-refractivity contribution in [3.63, 3.8) is 0 Å². The fourth-order valence-electron chi connectivity index (χ4n) is 4.93. The van der Waals surface area contributed by atoms with Crippen LogP contribution >= 0.6 is 0 Å². The number of carbonyl (C=O) groups is 1. The predicted molar refractivity (Wildman–Crippen MR) is 134 cm³/mol. The van der Waals surface area contributed by atoms with E-state index < -0.39 is 0 Å². The van der Waals surface area contributed by atoms with E-state index in [0.717, 1.165) is 60.5 Å². The Hall–Kier alpha value is -3.39. The van der Waals surface area contributed by atoms with Crippen LogP contribution in [-0.4, -0.2) is 77.4 Å². The third-order valence-corrected chi connectivity index (χ3v) is 6.70. The molecule has 0 saturated carbocycles. The van der Waals surface area contributed by atoms with Crippen molar-refractivity contribution in [2.45, 2.75) is 19.4 Å². The Balaban J connectivity index is 1.44. The molecule has 0 radical (unpaired) electrons. The van der Waals surface area contributed by atoms with Gasteiger partial charge in [0.2, 0.25) is 5.75 Å². The van der Waals surface area contributed by atoms with E-state index >= 15 is 0 Å². The summed E-state index contributed by atoms with van der Waals surface area (Å²) < 4.78 is 27.5. The average molecular weight is 483 g/mol. The first-order valence-corrected chi connectivity index (χ1v) is 11.8. The number of allylic oxidation sites excluding steroid dienone is 1. The van der Waals surface area contributed by atoms with E-state index in [9.17, 15) is 4.79 Å². The van der Waals surface area contributed by atoms with Gasteiger partial charge in [0.1, 0.15) is 0 Å². The van der Waals surface area contributed by atoms with Crippen LogP contribution in [0.1, 0.15) is 23.1 Å². The van der Waals surface area contributed by atoms with Crippen LogP contribution in [0.4, 0.5) is 0 Å². The molecule has 0 aromatic heterocycles. The summed E-state index contributed by atoms with van der Waals surface area (Å²) in [5.41, 5.74) is 3.81. The van der Waals surface area contributed by atoms with Crippen LogP contribution in [0.2, 0.25) is 0 Å². The minimum absolute atomic E-state index is 0.0746. The monoisotopic (exact) mass is 482 g/mol. The highest BCUT2D eigenvalue weighted by Gasteiger charge is 2.29. The summed E-state index contributed by atoms with van der Waals surface area (Å²) in [6.07, 6.45) is 3.69. The summed E-state index contributed by atoms with van der Waals surface area (Å²) in [5.74, 6) is 3.37. The third kappa shape index (κ3) is 4.89. The van der Waals surface area contributed by atoms with Crippen LogP contribution < -0.4 is 23.7 Å². The molecule has 188 valence electrons. The Morgan fingerprint density at radius 3 is 2.00 bits per heavy atom. The largest absolute Gasteiger partial charge is 0.493 e. The molecular formula is C27H34N2O6. The van der Waals surface area contributed by atoms with E-state index in [4.69, 9.17) is 23.7 Å². The van der Waals surface area contributed by atoms with Gasteiger partial charge in [-0.15, -0.1) is 0 Å². The van der Waals surface area contributed by atoms with E-state index in [0.29, 0.717) is 36.1 Å². The topological polar surface area (TPSA) is 69.7 Å². The number of hydrogen-bond acceptors (Lipinski definition) is 7. The van der Waals surface area contributed by atoms with E-state index in [1.54, 1.807) is 35.5 Å². The highest BCUT2D eigenvalue weighted by Crippen LogP contribution is 2.40. The quantitative estimate of drug-likeness (QED) is 0.571. The second-order valence-electron chi connectivity index (χ2n) is 8.59. The number of ether oxygens (including phenoxy) is 5. The molecule has 35 heavy (non-hydrogen) atoms. The van der Waals surface area contributed by atoms with E-state index in [2.05, 4.69) is 11.0 Å². The molecule has 1 fully saturated rings. The lowest BCUT2D eigenvalue weighted by Crippen LogP contribution is -2.48. The van der Waals surface area contributed by atoms with Crippen molar-refractivity contribution in [1.82, 2.24) is 9.80 Å². The average Bonchev–Trinajstić information content (AvgIpc) is 2.91. The molecule has 2 aromatic rings. The Bertz CT molecular complexity index is 1080. The van der Waals surface area contributed by atoms with E-state index in [-0.39, 0.29) is 5.91 Å². The Morgan fingerprint density at radius 2 is 1.43 bits per heavy atom. The summed E-state index contributed by atoms with van der Waals surface area (Å²) in [6, 6.07) is 7.80. The maximum Gasteiger partial charge on any atom is 0.254 e. The molecular weight excluding hydrogens is 448 g/mol. The molecule has 2 aliphatic rings. The lowest BCUT2D eigenvalue weighted by molar-refractivity contribution is -0.126. The first-order valence-electron chi connectivity index (χ1n) is 11.8. The molecule has 0 atom stereocenters. The van der Waals surface area contributed by atoms with Crippen LogP contribution in [0.5, 0.6) is 28.7 Å². The van der Waals surface area contributed by atoms with E-state index in [1.807, 2.05) is 29.2 Å². The number of methoxy groups -OCH3 is 5. The molecule has 1 saturated heterocycles. The molecule has 0 N–H and O–H groups in total. The molecule has 0 spiro atoms. The predicted octanol–water partition coefficient (Wildman–Crippen LogP) is 3.40. The highest BCUT2D eigenvalue weighted by atomic mass is 16.5. The SMILES string of the molecule is COc1cc(CN2CCN(C(=O)C3=CCCc4c3ccc(OC)c4OC)CC2)cc(OC)c1OC. The summed E-state index contributed by atoms with van der Waals surface area (Å²) in [4.78, 5) is 17.8. The second-order valence-corrected chi connectivity index (χ2v) is 8.59. The fraction of sp³-hybridized carbons (Fsp3) is 0.444. The molecule has 1 amide bonds. The van der Waals surface area contributed by atoms with Crippen LogP contribution in [0.25, 0.3) is 5.57 Å². The van der Waals surface area contributed by atoms with Crippen LogP contribution in [0.3, 0.4) is 0 Å².